The summed E-state index contributed by atoms with van der Waals surface area (Å²) >= 11 is 0. The topological polar surface area (TPSA) is 123 Å². The van der Waals surface area contributed by atoms with Crippen molar-refractivity contribution in [1.29, 1.82) is 0 Å². The number of carbonyl (C=O) groups is 3. The molecule has 7 rings (SSSR count). The molecular formula is C39H53N7O5. The van der Waals surface area contributed by atoms with Crippen LogP contribution in [0.1, 0.15) is 69.1 Å². The Bertz CT molecular complexity index is 1730. The summed E-state index contributed by atoms with van der Waals surface area (Å²) in [7, 11) is 1.57. The molecule has 0 unspecified atom stereocenters. The molecule has 274 valence electrons. The molecule has 3 fully saturated rings. The van der Waals surface area contributed by atoms with Gasteiger partial charge >= 0.3 is 12.1 Å². The number of ether oxygens (including phenoxy) is 2. The number of piperidine rings is 3. The highest BCUT2D eigenvalue weighted by Crippen LogP contribution is 2.33. The van der Waals surface area contributed by atoms with E-state index in [0.29, 0.717) is 63.0 Å². The van der Waals surface area contributed by atoms with Gasteiger partial charge in [-0.25, -0.2) is 9.59 Å². The third-order valence-corrected chi connectivity index (χ3v) is 11.7. The number of amides is 4. The van der Waals surface area contributed by atoms with Crippen molar-refractivity contribution >= 4 is 34.8 Å². The van der Waals surface area contributed by atoms with E-state index < -0.39 is 12.2 Å². The van der Waals surface area contributed by atoms with E-state index >= 15 is 0 Å². The highest BCUT2D eigenvalue weighted by atomic mass is 16.6. The van der Waals surface area contributed by atoms with Gasteiger partial charge < -0.3 is 39.4 Å². The van der Waals surface area contributed by atoms with E-state index in [1.54, 1.807) is 12.0 Å². The number of H-pyrrole nitrogens is 1. The van der Waals surface area contributed by atoms with Gasteiger partial charge in [0.25, 0.3) is 11.9 Å². The first-order valence-electron chi connectivity index (χ1n) is 18.7. The Morgan fingerprint density at radius 1 is 0.941 bits per heavy atom. The molecule has 3 aromatic rings. The van der Waals surface area contributed by atoms with Gasteiger partial charge in [0.1, 0.15) is 0 Å². The van der Waals surface area contributed by atoms with Crippen LogP contribution in [0.3, 0.4) is 0 Å². The number of fused-ring (bicyclic) bond motifs is 2. The number of para-hydroxylation sites is 1. The zero-order valence-corrected chi connectivity index (χ0v) is 30.6. The van der Waals surface area contributed by atoms with Crippen LogP contribution >= 0.6 is 0 Å². The van der Waals surface area contributed by atoms with Gasteiger partial charge in [0.05, 0.1) is 18.1 Å². The summed E-state index contributed by atoms with van der Waals surface area (Å²) in [6.45, 7) is 11.8. The lowest BCUT2D eigenvalue weighted by Crippen LogP contribution is -2.53. The van der Waals surface area contributed by atoms with Crippen LogP contribution in [-0.4, -0.2) is 119 Å². The number of aryl methyl sites for hydroxylation is 1. The standard InChI is InChI=1S/C39H53N7O5/c1-26-23-27(24-32-34(26)42-36(40-32)50-4)25-33(35(47)44-16-10-29(11-17-44)43-21-14-39(2,3)15-22-43)51-38(49)45-18-12-30(13-19-45)46-20-9-28-7-5-6-8-31(28)41-37(46)48/h5-8,23-24,29-30,33H,9-22,25H2,1-4H3,(H,40,42)(H,41,48)/t33-/m1/s1. The maximum absolute atomic E-state index is 14.2. The number of methoxy groups -OCH3 is 1. The van der Waals surface area contributed by atoms with Gasteiger partial charge in [0, 0.05) is 56.9 Å². The Morgan fingerprint density at radius 3 is 2.35 bits per heavy atom. The third kappa shape index (κ3) is 7.80. The minimum Gasteiger partial charge on any atom is -0.468 e. The van der Waals surface area contributed by atoms with E-state index in [9.17, 15) is 14.4 Å². The van der Waals surface area contributed by atoms with Gasteiger partial charge in [0.15, 0.2) is 6.10 Å². The number of carbonyl (C=O) groups excluding carboxylic acids is 3. The fourth-order valence-corrected chi connectivity index (χ4v) is 8.39. The third-order valence-electron chi connectivity index (χ3n) is 11.7. The van der Waals surface area contributed by atoms with E-state index in [1.807, 2.05) is 47.1 Å². The molecule has 12 nitrogen and oxygen atoms in total. The van der Waals surface area contributed by atoms with Crippen LogP contribution in [0.25, 0.3) is 11.0 Å². The number of aromatic nitrogens is 2. The number of likely N-dealkylation sites (tertiary alicyclic amines) is 3. The molecule has 4 aliphatic heterocycles. The number of benzene rings is 2. The second kappa shape index (κ2) is 14.7. The van der Waals surface area contributed by atoms with Crippen LogP contribution in [-0.2, 0) is 22.4 Å². The van der Waals surface area contributed by atoms with Crippen molar-refractivity contribution in [3.05, 3.63) is 53.1 Å². The highest BCUT2D eigenvalue weighted by molar-refractivity contribution is 5.91. The molecule has 4 aliphatic rings. The molecule has 2 aromatic carbocycles. The summed E-state index contributed by atoms with van der Waals surface area (Å²) in [5.41, 5.74) is 5.86. The van der Waals surface area contributed by atoms with E-state index in [0.717, 1.165) is 65.8 Å². The second-order valence-corrected chi connectivity index (χ2v) is 15.6. The zero-order valence-electron chi connectivity index (χ0n) is 30.6. The number of anilines is 1. The summed E-state index contributed by atoms with van der Waals surface area (Å²) < 4.78 is 11.5. The Morgan fingerprint density at radius 2 is 1.63 bits per heavy atom. The van der Waals surface area contributed by atoms with Crippen molar-refractivity contribution in [2.24, 2.45) is 5.41 Å². The molecule has 51 heavy (non-hydrogen) atoms. The Kier molecular flexibility index (Phi) is 10.1. The molecule has 5 heterocycles. The number of aromatic amines is 1. The van der Waals surface area contributed by atoms with Gasteiger partial charge in [0.2, 0.25) is 0 Å². The van der Waals surface area contributed by atoms with Gasteiger partial charge in [-0.05, 0) is 99.2 Å². The molecule has 0 saturated carbocycles. The molecule has 12 heteroatoms. The lowest BCUT2D eigenvalue weighted by atomic mass is 9.82. The molecule has 3 saturated heterocycles. The Hall–Kier alpha value is -4.32. The van der Waals surface area contributed by atoms with Crippen LogP contribution in [0, 0.1) is 12.3 Å². The molecule has 0 aliphatic carbocycles. The minimum atomic E-state index is -0.963. The summed E-state index contributed by atoms with van der Waals surface area (Å²) in [6, 6.07) is 12.7. The monoisotopic (exact) mass is 699 g/mol. The quantitative estimate of drug-likeness (QED) is 0.330. The molecule has 0 bridgehead atoms. The molecular weight excluding hydrogens is 646 g/mol. The number of hydrogen-bond acceptors (Lipinski definition) is 7. The predicted molar refractivity (Wildman–Crippen MR) is 196 cm³/mol. The number of nitrogens with zero attached hydrogens (tertiary/aromatic N) is 5. The highest BCUT2D eigenvalue weighted by Gasteiger charge is 2.37. The summed E-state index contributed by atoms with van der Waals surface area (Å²) in [5.74, 6) is -0.144. The Labute approximate surface area is 300 Å². The van der Waals surface area contributed by atoms with Gasteiger partial charge in [-0.15, -0.1) is 0 Å². The second-order valence-electron chi connectivity index (χ2n) is 15.6. The fourth-order valence-electron chi connectivity index (χ4n) is 8.39. The summed E-state index contributed by atoms with van der Waals surface area (Å²) in [5, 5.41) is 3.06. The summed E-state index contributed by atoms with van der Waals surface area (Å²) in [6.07, 6.45) is 5.14. The number of rotatable bonds is 7. The SMILES string of the molecule is COc1nc2cc(C[C@@H](OC(=O)N3CCC(N4CCc5ccccc5NC4=O)CC3)C(=O)N3CCC(N4CCC(C)(C)CC4)CC3)cc(C)c2[nH]1. The van der Waals surface area contributed by atoms with Crippen molar-refractivity contribution < 1.29 is 23.9 Å². The van der Waals surface area contributed by atoms with Crippen molar-refractivity contribution in [3.63, 3.8) is 0 Å². The maximum Gasteiger partial charge on any atom is 0.410 e. The van der Waals surface area contributed by atoms with Crippen LogP contribution in [0.2, 0.25) is 0 Å². The lowest BCUT2D eigenvalue weighted by Gasteiger charge is -2.44. The Balaban J connectivity index is 1.01. The van der Waals surface area contributed by atoms with Crippen molar-refractivity contribution in [3.8, 4) is 6.01 Å². The van der Waals surface area contributed by atoms with E-state index in [-0.39, 0.29) is 24.4 Å². The van der Waals surface area contributed by atoms with E-state index in [2.05, 4.69) is 40.1 Å². The van der Waals surface area contributed by atoms with Gasteiger partial charge in [-0.2, -0.15) is 4.98 Å². The van der Waals surface area contributed by atoms with Crippen molar-refractivity contribution in [2.75, 3.05) is 58.2 Å². The van der Waals surface area contributed by atoms with Gasteiger partial charge in [-0.3, -0.25) is 4.79 Å². The van der Waals surface area contributed by atoms with Crippen LogP contribution in [0.15, 0.2) is 36.4 Å². The van der Waals surface area contributed by atoms with Crippen LogP contribution in [0.5, 0.6) is 6.01 Å². The molecule has 0 spiro atoms. The fraction of sp³-hybridized carbons (Fsp3) is 0.590. The van der Waals surface area contributed by atoms with Crippen molar-refractivity contribution in [1.82, 2.24) is 29.6 Å². The molecule has 1 atom stereocenters. The largest absolute Gasteiger partial charge is 0.468 e. The smallest absolute Gasteiger partial charge is 0.410 e. The number of urea groups is 1. The molecule has 1 aromatic heterocycles. The van der Waals surface area contributed by atoms with Crippen LogP contribution in [0.4, 0.5) is 15.3 Å². The number of nitrogens with one attached hydrogen (secondary N) is 2. The van der Waals surface area contributed by atoms with Gasteiger partial charge in [-0.1, -0.05) is 38.1 Å². The average Bonchev–Trinajstić information content (AvgIpc) is 3.48. The normalized spacial score (nSPS) is 21.2. The van der Waals surface area contributed by atoms with E-state index in [4.69, 9.17) is 9.47 Å². The van der Waals surface area contributed by atoms with E-state index in [1.165, 1.54) is 12.8 Å². The first-order chi connectivity index (χ1) is 24.6. The van der Waals surface area contributed by atoms with Crippen LogP contribution < -0.4 is 10.1 Å². The lowest BCUT2D eigenvalue weighted by molar-refractivity contribution is -0.142. The zero-order chi connectivity index (χ0) is 35.7. The summed E-state index contributed by atoms with van der Waals surface area (Å²) in [4.78, 5) is 57.0. The average molecular weight is 700 g/mol. The number of imidazole rings is 1. The van der Waals surface area contributed by atoms with Crippen molar-refractivity contribution in [2.45, 2.75) is 90.3 Å². The number of hydrogen-bond donors (Lipinski definition) is 2. The molecule has 0 radical (unpaired) electrons. The molecule has 4 amide bonds. The predicted octanol–water partition coefficient (Wildman–Crippen LogP) is 5.60. The first kappa shape index (κ1) is 35.1. The maximum atomic E-state index is 14.2. The first-order valence-corrected chi connectivity index (χ1v) is 18.7. The minimum absolute atomic E-state index is 0.0219. The molecule has 2 N–H and O–H groups in total.